The zero-order chi connectivity index (χ0) is 18.1. The van der Waals surface area contributed by atoms with Crippen molar-refractivity contribution in [2.75, 3.05) is 0 Å². The van der Waals surface area contributed by atoms with Crippen molar-refractivity contribution in [1.29, 1.82) is 0 Å². The van der Waals surface area contributed by atoms with Gasteiger partial charge >= 0.3 is 6.03 Å². The average Bonchev–Trinajstić information content (AvgIpc) is 3.04. The van der Waals surface area contributed by atoms with E-state index in [4.69, 9.17) is 10.2 Å². The van der Waals surface area contributed by atoms with Crippen molar-refractivity contribution < 1.29 is 9.21 Å². The summed E-state index contributed by atoms with van der Waals surface area (Å²) in [6.45, 7) is 2.26. The zero-order valence-corrected chi connectivity index (χ0v) is 14.6. The molecule has 0 saturated heterocycles. The predicted octanol–water partition coefficient (Wildman–Crippen LogP) is 4.17. The molecule has 1 saturated carbocycles. The lowest BCUT2D eigenvalue weighted by Crippen LogP contribution is -2.43. The minimum atomic E-state index is -0.677. The molecule has 4 rings (SSSR count). The molecule has 1 heterocycles. The number of rotatable bonds is 4. The summed E-state index contributed by atoms with van der Waals surface area (Å²) in [4.78, 5) is 11.2. The van der Waals surface area contributed by atoms with Crippen LogP contribution in [0, 0.1) is 5.92 Å². The molecule has 3 N–H and O–H groups in total. The van der Waals surface area contributed by atoms with Gasteiger partial charge in [0.1, 0.15) is 11.3 Å². The first-order chi connectivity index (χ1) is 12.5. The molecule has 5 nitrogen and oxygen atoms in total. The molecule has 1 aliphatic rings. The van der Waals surface area contributed by atoms with Crippen molar-refractivity contribution in [1.82, 2.24) is 5.43 Å². The van der Waals surface area contributed by atoms with Gasteiger partial charge in [-0.15, -0.1) is 0 Å². The minimum Gasteiger partial charge on any atom is -0.455 e. The fourth-order valence-electron chi connectivity index (χ4n) is 3.87. The molecule has 2 amide bonds. The molecule has 1 aromatic heterocycles. The summed E-state index contributed by atoms with van der Waals surface area (Å²) in [6, 6.07) is 19.6. The van der Waals surface area contributed by atoms with E-state index in [1.165, 1.54) is 5.56 Å². The van der Waals surface area contributed by atoms with Crippen LogP contribution < -0.4 is 11.2 Å². The third-order valence-electron chi connectivity index (χ3n) is 5.22. The van der Waals surface area contributed by atoms with Gasteiger partial charge in [-0.05, 0) is 36.0 Å². The summed E-state index contributed by atoms with van der Waals surface area (Å²) in [5.74, 6) is 0.882. The Balaban J connectivity index is 1.63. The Morgan fingerprint density at radius 1 is 1.15 bits per heavy atom. The van der Waals surface area contributed by atoms with Crippen LogP contribution in [0.5, 0.6) is 0 Å². The third kappa shape index (κ3) is 2.96. The first-order valence-corrected chi connectivity index (χ1v) is 8.73. The number of carbonyl (C=O) groups excluding carboxylic acids is 1. The molecule has 0 aliphatic heterocycles. The maximum Gasteiger partial charge on any atom is 0.332 e. The summed E-state index contributed by atoms with van der Waals surface area (Å²) in [5.41, 5.74) is 10.6. The summed E-state index contributed by atoms with van der Waals surface area (Å²) in [6.07, 6.45) is 1.88. The maximum absolute atomic E-state index is 11.2. The van der Waals surface area contributed by atoms with E-state index in [2.05, 4.69) is 41.7 Å². The molecule has 26 heavy (non-hydrogen) atoms. The molecule has 2 aromatic carbocycles. The number of nitrogens with two attached hydrogens (primary N) is 1. The normalized spacial score (nSPS) is 22.8. The van der Waals surface area contributed by atoms with E-state index in [1.807, 2.05) is 36.4 Å². The Hall–Kier alpha value is -3.08. The van der Waals surface area contributed by atoms with Crippen LogP contribution >= 0.6 is 0 Å². The number of nitrogens with one attached hydrogen (secondary N) is 1. The van der Waals surface area contributed by atoms with Crippen molar-refractivity contribution in [3.8, 4) is 0 Å². The lowest BCUT2D eigenvalue weighted by Gasteiger charge is -2.45. The van der Waals surface area contributed by atoms with Gasteiger partial charge in [-0.25, -0.2) is 10.2 Å². The molecular formula is C21H21N3O2. The van der Waals surface area contributed by atoms with Crippen molar-refractivity contribution in [2.45, 2.75) is 25.2 Å². The largest absolute Gasteiger partial charge is 0.455 e. The number of amides is 2. The number of para-hydroxylation sites is 1. The first-order valence-electron chi connectivity index (χ1n) is 8.73. The van der Waals surface area contributed by atoms with E-state index in [1.54, 1.807) is 0 Å². The Kier molecular flexibility index (Phi) is 3.99. The van der Waals surface area contributed by atoms with E-state index in [-0.39, 0.29) is 11.3 Å². The van der Waals surface area contributed by atoms with Gasteiger partial charge in [-0.2, -0.15) is 5.10 Å². The number of fused-ring (bicyclic) bond motifs is 1. The van der Waals surface area contributed by atoms with Crippen LogP contribution in [0.4, 0.5) is 4.79 Å². The van der Waals surface area contributed by atoms with E-state index < -0.39 is 6.03 Å². The van der Waals surface area contributed by atoms with Gasteiger partial charge in [0.25, 0.3) is 0 Å². The van der Waals surface area contributed by atoms with Crippen molar-refractivity contribution >= 4 is 22.7 Å². The van der Waals surface area contributed by atoms with Crippen molar-refractivity contribution in [2.24, 2.45) is 16.8 Å². The van der Waals surface area contributed by atoms with Crippen LogP contribution in [0.3, 0.4) is 0 Å². The standard InChI is InChI=1S/C21H21N3O2/c1-21(16-8-3-2-4-9-16)12-15(13-21)19(23-24-20(22)25)18-11-14-7-5-6-10-17(14)26-18/h2-11,15H,12-13H2,1H3,(H3,22,24,25). The van der Waals surface area contributed by atoms with Crippen molar-refractivity contribution in [3.63, 3.8) is 0 Å². The second kappa shape index (κ2) is 6.33. The van der Waals surface area contributed by atoms with Gasteiger partial charge < -0.3 is 10.2 Å². The molecule has 0 atom stereocenters. The van der Waals surface area contributed by atoms with E-state index in [9.17, 15) is 4.79 Å². The second-order valence-electron chi connectivity index (χ2n) is 7.15. The van der Waals surface area contributed by atoms with Gasteiger partial charge in [-0.3, -0.25) is 0 Å². The number of hydrogen-bond acceptors (Lipinski definition) is 3. The predicted molar refractivity (Wildman–Crippen MR) is 102 cm³/mol. The number of nitrogens with zero attached hydrogens (tertiary/aromatic N) is 1. The van der Waals surface area contributed by atoms with Crippen molar-refractivity contribution in [3.05, 3.63) is 72.0 Å². The maximum atomic E-state index is 11.2. The summed E-state index contributed by atoms with van der Waals surface area (Å²) >= 11 is 0. The number of furan rings is 1. The van der Waals surface area contributed by atoms with E-state index in [0.717, 1.165) is 29.5 Å². The first kappa shape index (κ1) is 16.4. The van der Waals surface area contributed by atoms with Crippen LogP contribution in [0.2, 0.25) is 0 Å². The SMILES string of the molecule is CC1(c2ccccc2)CC(C(=NNC(N)=O)c2cc3ccccc3o2)C1. The van der Waals surface area contributed by atoms with Crippen LogP contribution in [0.15, 0.2) is 70.2 Å². The molecule has 5 heteroatoms. The minimum absolute atomic E-state index is 0.103. The number of carbonyl (C=O) groups is 1. The molecular weight excluding hydrogens is 326 g/mol. The molecule has 0 bridgehead atoms. The fraction of sp³-hybridized carbons (Fsp3) is 0.238. The molecule has 1 fully saturated rings. The molecule has 0 unspecified atom stereocenters. The zero-order valence-electron chi connectivity index (χ0n) is 14.6. The van der Waals surface area contributed by atoms with E-state index >= 15 is 0 Å². The van der Waals surface area contributed by atoms with Gasteiger partial charge in [0, 0.05) is 11.3 Å². The van der Waals surface area contributed by atoms with Gasteiger partial charge in [0.15, 0.2) is 5.76 Å². The summed E-state index contributed by atoms with van der Waals surface area (Å²) < 4.78 is 5.97. The Labute approximate surface area is 151 Å². The monoisotopic (exact) mass is 347 g/mol. The molecule has 0 spiro atoms. The molecule has 3 aromatic rings. The fourth-order valence-corrected chi connectivity index (χ4v) is 3.87. The van der Waals surface area contributed by atoms with Crippen LogP contribution in [-0.2, 0) is 5.41 Å². The Morgan fingerprint density at radius 3 is 2.54 bits per heavy atom. The summed E-state index contributed by atoms with van der Waals surface area (Å²) in [7, 11) is 0. The number of hydrazone groups is 1. The number of hydrogen-bond donors (Lipinski definition) is 2. The highest BCUT2D eigenvalue weighted by Gasteiger charge is 2.44. The van der Waals surface area contributed by atoms with Crippen LogP contribution in [-0.4, -0.2) is 11.7 Å². The molecule has 0 radical (unpaired) electrons. The van der Waals surface area contributed by atoms with Crippen LogP contribution in [0.25, 0.3) is 11.0 Å². The smallest absolute Gasteiger partial charge is 0.332 e. The number of primary amides is 1. The lowest BCUT2D eigenvalue weighted by atomic mass is 9.58. The number of benzene rings is 2. The topological polar surface area (TPSA) is 80.6 Å². The number of urea groups is 1. The highest BCUT2D eigenvalue weighted by atomic mass is 16.3. The second-order valence-corrected chi connectivity index (χ2v) is 7.15. The van der Waals surface area contributed by atoms with Gasteiger partial charge in [0.2, 0.25) is 0 Å². The van der Waals surface area contributed by atoms with Crippen LogP contribution in [0.1, 0.15) is 31.1 Å². The Bertz CT molecular complexity index is 936. The van der Waals surface area contributed by atoms with Gasteiger partial charge in [-0.1, -0.05) is 55.5 Å². The molecule has 132 valence electrons. The van der Waals surface area contributed by atoms with E-state index in [0.29, 0.717) is 5.76 Å². The Morgan fingerprint density at radius 2 is 1.85 bits per heavy atom. The summed E-state index contributed by atoms with van der Waals surface area (Å²) in [5, 5.41) is 5.28. The average molecular weight is 347 g/mol. The van der Waals surface area contributed by atoms with Gasteiger partial charge in [0.05, 0.1) is 0 Å². The highest BCUT2D eigenvalue weighted by molar-refractivity contribution is 6.03. The highest BCUT2D eigenvalue weighted by Crippen LogP contribution is 2.49. The molecule has 1 aliphatic carbocycles. The lowest BCUT2D eigenvalue weighted by molar-refractivity contribution is 0.216. The quantitative estimate of drug-likeness (QED) is 0.548. The third-order valence-corrected chi connectivity index (χ3v) is 5.22.